The van der Waals surface area contributed by atoms with Gasteiger partial charge in [0, 0.05) is 38.2 Å². The van der Waals surface area contributed by atoms with Crippen LogP contribution in [0.3, 0.4) is 0 Å². The molecule has 3 fully saturated rings. The number of rotatable bonds is 2. The highest BCUT2D eigenvalue weighted by atomic mass is 127. The second-order valence-corrected chi connectivity index (χ2v) is 7.68. The molecule has 4 atom stereocenters. The molecule has 3 aliphatic heterocycles. The number of alkyl halides is 3. The Hall–Kier alpha value is -1.63. The van der Waals surface area contributed by atoms with Crippen molar-refractivity contribution in [3.8, 4) is 0 Å². The number of aliphatic imine (C=N–C) groups is 1. The van der Waals surface area contributed by atoms with Gasteiger partial charge in [-0.25, -0.2) is 0 Å². The van der Waals surface area contributed by atoms with E-state index in [2.05, 4.69) is 25.4 Å². The molecule has 5 rings (SSSR count). The van der Waals surface area contributed by atoms with Gasteiger partial charge in [0.1, 0.15) is 0 Å². The van der Waals surface area contributed by atoms with Gasteiger partial charge >= 0.3 is 6.18 Å². The van der Waals surface area contributed by atoms with Gasteiger partial charge in [-0.1, -0.05) is 0 Å². The Kier molecular flexibility index (Phi) is 5.38. The first kappa shape index (κ1) is 20.6. The Morgan fingerprint density at radius 2 is 1.90 bits per heavy atom. The van der Waals surface area contributed by atoms with E-state index < -0.39 is 11.7 Å². The van der Waals surface area contributed by atoms with E-state index in [1.54, 1.807) is 7.05 Å². The van der Waals surface area contributed by atoms with Crippen LogP contribution in [0.5, 0.6) is 0 Å². The third-order valence-corrected chi connectivity index (χ3v) is 6.17. The van der Waals surface area contributed by atoms with Crippen LogP contribution in [0.1, 0.15) is 24.2 Å². The predicted octanol–water partition coefficient (Wildman–Crippen LogP) is 2.55. The van der Waals surface area contributed by atoms with Crippen LogP contribution >= 0.6 is 24.0 Å². The molecule has 4 unspecified atom stereocenters. The first-order valence-electron chi connectivity index (χ1n) is 9.46. The summed E-state index contributed by atoms with van der Waals surface area (Å²) in [7, 11) is 1.71. The third-order valence-electron chi connectivity index (χ3n) is 6.17. The maximum absolute atomic E-state index is 13.0. The lowest BCUT2D eigenvalue weighted by Crippen LogP contribution is -2.41. The van der Waals surface area contributed by atoms with E-state index in [9.17, 15) is 13.2 Å². The number of guanidine groups is 1. The van der Waals surface area contributed by atoms with Gasteiger partial charge in [-0.05, 0) is 25.0 Å². The van der Waals surface area contributed by atoms with E-state index in [0.717, 1.165) is 44.2 Å². The lowest BCUT2D eigenvalue weighted by atomic mass is 9.82. The Morgan fingerprint density at radius 1 is 1.21 bits per heavy atom. The van der Waals surface area contributed by atoms with E-state index >= 15 is 0 Å². The van der Waals surface area contributed by atoms with Gasteiger partial charge in [-0.3, -0.25) is 9.39 Å². The molecule has 7 nitrogen and oxygen atoms in total. The summed E-state index contributed by atoms with van der Waals surface area (Å²) in [6.45, 7) is 2.03. The molecule has 158 valence electrons. The second kappa shape index (κ2) is 7.56. The summed E-state index contributed by atoms with van der Waals surface area (Å²) >= 11 is 0. The van der Waals surface area contributed by atoms with Crippen molar-refractivity contribution in [1.82, 2.24) is 24.8 Å². The molecule has 2 bridgehead atoms. The Balaban J connectivity index is 0.00000205. The van der Waals surface area contributed by atoms with Crippen molar-refractivity contribution >= 4 is 35.6 Å². The van der Waals surface area contributed by atoms with Crippen molar-refractivity contribution in [2.24, 2.45) is 16.8 Å². The lowest BCUT2D eigenvalue weighted by Gasteiger charge is -2.23. The number of hydrogen-bond acceptors (Lipinski definition) is 4. The van der Waals surface area contributed by atoms with Crippen LogP contribution in [0, 0.1) is 11.8 Å². The topological polar surface area (TPSA) is 67.0 Å². The maximum Gasteiger partial charge on any atom is 0.417 e. The van der Waals surface area contributed by atoms with E-state index in [1.807, 2.05) is 0 Å². The van der Waals surface area contributed by atoms with Crippen molar-refractivity contribution < 1.29 is 17.9 Å². The molecule has 2 aromatic rings. The Morgan fingerprint density at radius 3 is 2.52 bits per heavy atom. The number of ether oxygens (including phenoxy) is 1. The fourth-order valence-electron chi connectivity index (χ4n) is 4.85. The standard InChI is InChI=1S/C18H21F3N6O.HI/c1-22-17(26-8-11-12(9-26)14-4-3-13(11)28-14)23-6-16-25-24-15-5-2-10(7-27(15)16)18(19,20)21;/h2,5,7,11-14H,3-4,6,8-9H2,1H3,(H,22,23);1H. The zero-order valence-electron chi connectivity index (χ0n) is 15.8. The quantitative estimate of drug-likeness (QED) is 0.373. The number of halogens is 4. The molecular weight excluding hydrogens is 500 g/mol. The monoisotopic (exact) mass is 522 g/mol. The Bertz CT molecular complexity index is 914. The molecular formula is C18H22F3IN6O. The number of aromatic nitrogens is 3. The van der Waals surface area contributed by atoms with E-state index in [4.69, 9.17) is 4.74 Å². The average molecular weight is 522 g/mol. The summed E-state index contributed by atoms with van der Waals surface area (Å²) in [5.74, 6) is 2.23. The molecule has 0 amide bonds. The third kappa shape index (κ3) is 3.56. The van der Waals surface area contributed by atoms with Crippen LogP contribution in [-0.2, 0) is 17.5 Å². The normalized spacial score (nSPS) is 28.7. The minimum atomic E-state index is -4.41. The van der Waals surface area contributed by atoms with Crippen molar-refractivity contribution in [3.63, 3.8) is 0 Å². The summed E-state index contributed by atoms with van der Waals surface area (Å²) in [5, 5.41) is 11.2. The van der Waals surface area contributed by atoms with Gasteiger partial charge in [0.05, 0.1) is 24.3 Å². The van der Waals surface area contributed by atoms with Crippen molar-refractivity contribution in [1.29, 1.82) is 0 Å². The second-order valence-electron chi connectivity index (χ2n) is 7.68. The number of nitrogens with zero attached hydrogens (tertiary/aromatic N) is 5. The molecule has 0 aromatic carbocycles. The highest BCUT2D eigenvalue weighted by Crippen LogP contribution is 2.47. The first-order valence-corrected chi connectivity index (χ1v) is 9.46. The number of nitrogens with one attached hydrogen (secondary N) is 1. The van der Waals surface area contributed by atoms with Crippen molar-refractivity contribution in [2.75, 3.05) is 20.1 Å². The molecule has 1 N–H and O–H groups in total. The summed E-state index contributed by atoms with van der Waals surface area (Å²) in [6.07, 6.45) is -0.380. The fraction of sp³-hybridized carbons (Fsp3) is 0.611. The van der Waals surface area contributed by atoms with Gasteiger partial charge in [-0.15, -0.1) is 34.2 Å². The predicted molar refractivity (Wildman–Crippen MR) is 110 cm³/mol. The van der Waals surface area contributed by atoms with Gasteiger partial charge < -0.3 is 15.0 Å². The van der Waals surface area contributed by atoms with Crippen LogP contribution in [0.2, 0.25) is 0 Å². The number of likely N-dealkylation sites (tertiary alicyclic amines) is 1. The number of pyridine rings is 1. The summed E-state index contributed by atoms with van der Waals surface area (Å²) in [6, 6.07) is 2.34. The summed E-state index contributed by atoms with van der Waals surface area (Å²) in [5.41, 5.74) is -0.350. The molecule has 5 heterocycles. The summed E-state index contributed by atoms with van der Waals surface area (Å²) in [4.78, 5) is 6.57. The number of hydrogen-bond donors (Lipinski definition) is 1. The smallest absolute Gasteiger partial charge is 0.374 e. The molecule has 3 saturated heterocycles. The molecule has 0 spiro atoms. The van der Waals surface area contributed by atoms with E-state index in [1.165, 1.54) is 10.5 Å². The molecule has 11 heteroatoms. The maximum atomic E-state index is 13.0. The van der Waals surface area contributed by atoms with Crippen molar-refractivity contribution in [2.45, 2.75) is 37.8 Å². The van der Waals surface area contributed by atoms with Crippen LogP contribution in [0.15, 0.2) is 23.3 Å². The highest BCUT2D eigenvalue weighted by molar-refractivity contribution is 14.0. The highest BCUT2D eigenvalue weighted by Gasteiger charge is 2.53. The van der Waals surface area contributed by atoms with Crippen molar-refractivity contribution in [3.05, 3.63) is 29.7 Å². The molecule has 2 aromatic heterocycles. The largest absolute Gasteiger partial charge is 0.417 e. The molecule has 0 aliphatic carbocycles. The zero-order valence-corrected chi connectivity index (χ0v) is 18.1. The lowest BCUT2D eigenvalue weighted by molar-refractivity contribution is -0.137. The SMILES string of the molecule is CN=C(NCc1nnc2ccc(C(F)(F)F)cn12)N1CC2C3CCC(O3)C2C1.I. The van der Waals surface area contributed by atoms with Gasteiger partial charge in [0.25, 0.3) is 0 Å². The van der Waals surface area contributed by atoms with Gasteiger partial charge in [0.2, 0.25) is 0 Å². The summed E-state index contributed by atoms with van der Waals surface area (Å²) < 4.78 is 46.4. The van der Waals surface area contributed by atoms with E-state index in [0.29, 0.717) is 35.5 Å². The van der Waals surface area contributed by atoms with E-state index in [-0.39, 0.29) is 30.5 Å². The average Bonchev–Trinajstić information content (AvgIpc) is 3.42. The molecule has 0 radical (unpaired) electrons. The molecule has 29 heavy (non-hydrogen) atoms. The van der Waals surface area contributed by atoms with Crippen LogP contribution in [0.4, 0.5) is 13.2 Å². The fourth-order valence-corrected chi connectivity index (χ4v) is 4.85. The Labute approximate surface area is 182 Å². The zero-order chi connectivity index (χ0) is 19.5. The minimum absolute atomic E-state index is 0. The minimum Gasteiger partial charge on any atom is -0.374 e. The number of fused-ring (bicyclic) bond motifs is 6. The van der Waals surface area contributed by atoms with Gasteiger partial charge in [-0.2, -0.15) is 13.2 Å². The van der Waals surface area contributed by atoms with Crippen LogP contribution < -0.4 is 5.32 Å². The molecule has 3 aliphatic rings. The van der Waals surface area contributed by atoms with Crippen LogP contribution in [-0.4, -0.2) is 57.8 Å². The van der Waals surface area contributed by atoms with Gasteiger partial charge in [0.15, 0.2) is 17.4 Å². The first-order chi connectivity index (χ1) is 13.4. The van der Waals surface area contributed by atoms with Crippen LogP contribution in [0.25, 0.3) is 5.65 Å². The molecule has 0 saturated carbocycles.